The van der Waals surface area contributed by atoms with Crippen molar-refractivity contribution in [1.82, 2.24) is 15.4 Å². The van der Waals surface area contributed by atoms with E-state index in [0.717, 1.165) is 30.8 Å². The second-order valence-corrected chi connectivity index (χ2v) is 5.60. The van der Waals surface area contributed by atoms with E-state index in [1.54, 1.807) is 0 Å². The molecule has 2 unspecified atom stereocenters. The topological polar surface area (TPSA) is 75.4 Å². The molecule has 6 nitrogen and oxygen atoms in total. The summed E-state index contributed by atoms with van der Waals surface area (Å²) in [5.74, 6) is 0.838. The molecule has 1 N–H and O–H groups in total. The van der Waals surface area contributed by atoms with Gasteiger partial charge in [-0.05, 0) is 26.2 Å². The van der Waals surface area contributed by atoms with Crippen LogP contribution in [-0.4, -0.2) is 35.0 Å². The van der Waals surface area contributed by atoms with Crippen LogP contribution in [0.3, 0.4) is 0 Å². The van der Waals surface area contributed by atoms with Gasteiger partial charge in [-0.2, -0.15) is 0 Å². The average Bonchev–Trinajstić information content (AvgIpc) is 3.07. The molecule has 2 aliphatic heterocycles. The summed E-state index contributed by atoms with van der Waals surface area (Å²) in [4.78, 5) is 25.7. The van der Waals surface area contributed by atoms with Gasteiger partial charge in [0.2, 0.25) is 11.8 Å². The Labute approximate surface area is 117 Å². The molecule has 1 aromatic rings. The van der Waals surface area contributed by atoms with E-state index >= 15 is 0 Å². The fourth-order valence-corrected chi connectivity index (χ4v) is 3.04. The number of nitrogens with one attached hydrogen (secondary N) is 1. The van der Waals surface area contributed by atoms with E-state index in [-0.39, 0.29) is 23.8 Å². The van der Waals surface area contributed by atoms with E-state index in [1.807, 2.05) is 17.9 Å². The highest BCUT2D eigenvalue weighted by molar-refractivity contribution is 5.84. The number of carbonyl (C=O) groups is 2. The zero-order chi connectivity index (χ0) is 14.1. The van der Waals surface area contributed by atoms with Gasteiger partial charge in [-0.25, -0.2) is 0 Å². The van der Waals surface area contributed by atoms with Crippen molar-refractivity contribution in [1.29, 1.82) is 0 Å². The summed E-state index contributed by atoms with van der Waals surface area (Å²) in [7, 11) is 0. The summed E-state index contributed by atoms with van der Waals surface area (Å²) in [5, 5.41) is 6.68. The highest BCUT2D eigenvalue weighted by Gasteiger charge is 2.37. The normalized spacial score (nSPS) is 26.6. The molecule has 0 spiro atoms. The van der Waals surface area contributed by atoms with Crippen LogP contribution >= 0.6 is 0 Å². The third-order valence-corrected chi connectivity index (χ3v) is 4.13. The molecule has 3 rings (SSSR count). The Morgan fingerprint density at radius 3 is 3.00 bits per heavy atom. The van der Waals surface area contributed by atoms with E-state index in [9.17, 15) is 9.59 Å². The van der Waals surface area contributed by atoms with Gasteiger partial charge in [0.25, 0.3) is 0 Å². The number of hydrogen-bond acceptors (Lipinski definition) is 4. The number of likely N-dealkylation sites (tertiary alicyclic amines) is 1. The minimum Gasteiger partial charge on any atom is -0.359 e. The Balaban J connectivity index is 1.71. The lowest BCUT2D eigenvalue weighted by atomic mass is 9.97. The smallest absolute Gasteiger partial charge is 0.228 e. The zero-order valence-electron chi connectivity index (χ0n) is 11.6. The van der Waals surface area contributed by atoms with Gasteiger partial charge in [-0.1, -0.05) is 5.16 Å². The maximum absolute atomic E-state index is 12.6. The molecule has 2 atom stereocenters. The summed E-state index contributed by atoms with van der Waals surface area (Å²) in [5.41, 5.74) is 0.837. The molecule has 0 radical (unpaired) electrons. The molecular formula is C14H19N3O3. The number of nitrogens with zero attached hydrogens (tertiary/aromatic N) is 2. The number of rotatable bonds is 2. The van der Waals surface area contributed by atoms with Gasteiger partial charge in [0, 0.05) is 25.6 Å². The monoisotopic (exact) mass is 277 g/mol. The van der Waals surface area contributed by atoms with Gasteiger partial charge in [-0.15, -0.1) is 0 Å². The maximum atomic E-state index is 12.6. The Kier molecular flexibility index (Phi) is 3.46. The Bertz CT molecular complexity index is 515. The largest absolute Gasteiger partial charge is 0.359 e. The summed E-state index contributed by atoms with van der Waals surface area (Å²) in [6.07, 6.45) is 2.98. The molecule has 2 aliphatic rings. The fourth-order valence-electron chi connectivity index (χ4n) is 3.04. The lowest BCUT2D eigenvalue weighted by molar-refractivity contribution is -0.138. The van der Waals surface area contributed by atoms with Crippen molar-refractivity contribution in [2.45, 2.75) is 38.6 Å². The predicted molar refractivity (Wildman–Crippen MR) is 70.7 cm³/mol. The van der Waals surface area contributed by atoms with Gasteiger partial charge in [-0.3, -0.25) is 9.59 Å². The Hall–Kier alpha value is -1.85. The van der Waals surface area contributed by atoms with E-state index in [2.05, 4.69) is 10.5 Å². The Morgan fingerprint density at radius 1 is 1.50 bits per heavy atom. The zero-order valence-corrected chi connectivity index (χ0v) is 11.6. The van der Waals surface area contributed by atoms with E-state index in [4.69, 9.17) is 4.52 Å². The molecule has 0 aliphatic carbocycles. The minimum absolute atomic E-state index is 0.00123. The van der Waals surface area contributed by atoms with Gasteiger partial charge in [0.05, 0.1) is 17.7 Å². The van der Waals surface area contributed by atoms with Crippen molar-refractivity contribution in [2.75, 3.05) is 13.1 Å². The Morgan fingerprint density at radius 2 is 2.35 bits per heavy atom. The number of hydrogen-bond donors (Lipinski definition) is 1. The molecule has 3 heterocycles. The number of aromatic nitrogens is 1. The summed E-state index contributed by atoms with van der Waals surface area (Å²) < 4.78 is 5.32. The second kappa shape index (κ2) is 5.26. The van der Waals surface area contributed by atoms with Crippen molar-refractivity contribution in [3.05, 3.63) is 17.5 Å². The molecule has 0 saturated carbocycles. The third kappa shape index (κ3) is 2.42. The molecule has 2 amide bonds. The van der Waals surface area contributed by atoms with Crippen LogP contribution in [0.5, 0.6) is 0 Å². The first-order chi connectivity index (χ1) is 9.65. The van der Waals surface area contributed by atoms with Gasteiger partial charge in [0.1, 0.15) is 0 Å². The lowest BCUT2D eigenvalue weighted by Gasteiger charge is -2.29. The van der Waals surface area contributed by atoms with Crippen LogP contribution in [0.25, 0.3) is 0 Å². The minimum atomic E-state index is -0.0997. The van der Waals surface area contributed by atoms with E-state index in [0.29, 0.717) is 19.4 Å². The van der Waals surface area contributed by atoms with Crippen LogP contribution in [0, 0.1) is 12.8 Å². The van der Waals surface area contributed by atoms with Crippen LogP contribution in [-0.2, 0) is 9.59 Å². The van der Waals surface area contributed by atoms with Crippen molar-refractivity contribution in [3.63, 3.8) is 0 Å². The third-order valence-electron chi connectivity index (χ3n) is 4.13. The first kappa shape index (κ1) is 13.1. The standard InChI is InChI=1S/C14H19N3O3/c1-9-7-12(20-16-9)11-3-2-6-17(11)14(19)10-4-5-13(18)15-8-10/h7,10-11H,2-6,8H2,1H3,(H,15,18). The van der Waals surface area contributed by atoms with Crippen molar-refractivity contribution in [3.8, 4) is 0 Å². The predicted octanol–water partition coefficient (Wildman–Crippen LogP) is 1.17. The van der Waals surface area contributed by atoms with Gasteiger partial charge in [0.15, 0.2) is 5.76 Å². The molecule has 108 valence electrons. The number of amides is 2. The molecule has 2 fully saturated rings. The quantitative estimate of drug-likeness (QED) is 0.880. The van der Waals surface area contributed by atoms with Gasteiger partial charge < -0.3 is 14.7 Å². The van der Waals surface area contributed by atoms with Crippen LogP contribution in [0.1, 0.15) is 43.2 Å². The fraction of sp³-hybridized carbons (Fsp3) is 0.643. The number of aryl methyl sites for hydroxylation is 1. The molecule has 1 aromatic heterocycles. The lowest BCUT2D eigenvalue weighted by Crippen LogP contribution is -2.44. The molecule has 20 heavy (non-hydrogen) atoms. The SMILES string of the molecule is Cc1cc(C2CCCN2C(=O)C2CCC(=O)NC2)on1. The van der Waals surface area contributed by atoms with Crippen LogP contribution in [0.4, 0.5) is 0 Å². The molecule has 0 aromatic carbocycles. The van der Waals surface area contributed by atoms with Crippen LogP contribution in [0.2, 0.25) is 0 Å². The van der Waals surface area contributed by atoms with Crippen molar-refractivity contribution >= 4 is 11.8 Å². The molecule has 6 heteroatoms. The number of carbonyl (C=O) groups excluding carboxylic acids is 2. The van der Waals surface area contributed by atoms with Crippen LogP contribution < -0.4 is 5.32 Å². The first-order valence-corrected chi connectivity index (χ1v) is 7.15. The van der Waals surface area contributed by atoms with Crippen molar-refractivity contribution < 1.29 is 14.1 Å². The van der Waals surface area contributed by atoms with E-state index in [1.165, 1.54) is 0 Å². The van der Waals surface area contributed by atoms with Gasteiger partial charge >= 0.3 is 0 Å². The van der Waals surface area contributed by atoms with Crippen molar-refractivity contribution in [2.24, 2.45) is 5.92 Å². The summed E-state index contributed by atoms with van der Waals surface area (Å²) in [6.45, 7) is 3.09. The highest BCUT2D eigenvalue weighted by Crippen LogP contribution is 2.34. The number of piperidine rings is 1. The molecule has 0 bridgehead atoms. The first-order valence-electron chi connectivity index (χ1n) is 7.15. The maximum Gasteiger partial charge on any atom is 0.228 e. The summed E-state index contributed by atoms with van der Waals surface area (Å²) in [6, 6.07) is 1.90. The highest BCUT2D eigenvalue weighted by atomic mass is 16.5. The molecular weight excluding hydrogens is 258 g/mol. The second-order valence-electron chi connectivity index (χ2n) is 5.60. The average molecular weight is 277 g/mol. The van der Waals surface area contributed by atoms with Crippen LogP contribution in [0.15, 0.2) is 10.6 Å². The van der Waals surface area contributed by atoms with E-state index < -0.39 is 0 Å². The summed E-state index contributed by atoms with van der Waals surface area (Å²) >= 11 is 0. The molecule has 2 saturated heterocycles.